The van der Waals surface area contributed by atoms with Crippen LogP contribution in [0.1, 0.15) is 159 Å². The third-order valence-electron chi connectivity index (χ3n) is 13.5. The molecule has 270 valence electrons. The van der Waals surface area contributed by atoms with E-state index in [-0.39, 0.29) is 47.3 Å². The number of esters is 1. The summed E-state index contributed by atoms with van der Waals surface area (Å²) in [6, 6.07) is 0. The molecule has 3 fully saturated rings. The van der Waals surface area contributed by atoms with Crippen LogP contribution in [0, 0.1) is 46.3 Å². The molecule has 4 aliphatic carbocycles. The summed E-state index contributed by atoms with van der Waals surface area (Å²) in [5.74, 6) is 4.69. The van der Waals surface area contributed by atoms with E-state index in [1.165, 1.54) is 51.4 Å². The Hall–Kier alpha value is -1.40. The molecule has 4 N–H and O–H groups in total. The van der Waals surface area contributed by atoms with Gasteiger partial charge in [-0.1, -0.05) is 65.5 Å². The first-order valence-electron chi connectivity index (χ1n) is 19.6. The van der Waals surface area contributed by atoms with E-state index in [0.717, 1.165) is 54.8 Å². The van der Waals surface area contributed by atoms with Crippen molar-refractivity contribution in [3.05, 3.63) is 11.6 Å². The number of hydrogen-bond donors (Lipinski definition) is 2. The van der Waals surface area contributed by atoms with Gasteiger partial charge in [-0.2, -0.15) is 0 Å². The van der Waals surface area contributed by atoms with Crippen molar-refractivity contribution in [3.8, 4) is 0 Å². The zero-order valence-corrected chi connectivity index (χ0v) is 32.0. The number of carbonyl (C=O) groups excluding carboxylic acids is 2. The normalized spacial score (nSPS) is 33.0. The van der Waals surface area contributed by atoms with Crippen molar-refractivity contribution in [2.24, 2.45) is 57.8 Å². The predicted molar refractivity (Wildman–Crippen MR) is 195 cm³/mol. The predicted octanol–water partition coefficient (Wildman–Crippen LogP) is 8.80. The highest BCUT2D eigenvalue weighted by atomic mass is 16.5. The fraction of sp³-hybridized carbons (Fsp3) is 0.902. The summed E-state index contributed by atoms with van der Waals surface area (Å²) in [6.07, 6.45) is 18.0. The average molecular weight is 656 g/mol. The van der Waals surface area contributed by atoms with Gasteiger partial charge in [0.1, 0.15) is 6.10 Å². The van der Waals surface area contributed by atoms with Gasteiger partial charge in [0.05, 0.1) is 6.42 Å². The summed E-state index contributed by atoms with van der Waals surface area (Å²) in [5.41, 5.74) is 14.0. The van der Waals surface area contributed by atoms with Crippen molar-refractivity contribution < 1.29 is 14.3 Å². The first-order valence-corrected chi connectivity index (χ1v) is 19.6. The molecule has 4 rings (SSSR count). The van der Waals surface area contributed by atoms with Gasteiger partial charge >= 0.3 is 5.97 Å². The second kappa shape index (κ2) is 15.2. The zero-order chi connectivity index (χ0) is 34.8. The van der Waals surface area contributed by atoms with Crippen molar-refractivity contribution in [3.63, 3.8) is 0 Å². The Labute approximate surface area is 289 Å². The van der Waals surface area contributed by atoms with Crippen molar-refractivity contribution in [1.29, 1.82) is 0 Å². The van der Waals surface area contributed by atoms with Crippen LogP contribution < -0.4 is 11.5 Å². The molecule has 0 aromatic carbocycles. The number of nitrogens with two attached hydrogens (primary N) is 2. The van der Waals surface area contributed by atoms with Crippen LogP contribution in [0.3, 0.4) is 0 Å². The Balaban J connectivity index is 1.31. The average Bonchev–Trinajstić information content (AvgIpc) is 3.32. The van der Waals surface area contributed by atoms with Crippen LogP contribution in [0.4, 0.5) is 0 Å². The maximum Gasteiger partial charge on any atom is 0.306 e. The van der Waals surface area contributed by atoms with Crippen LogP contribution in [-0.4, -0.2) is 47.0 Å². The third kappa shape index (κ3) is 9.65. The minimum Gasteiger partial charge on any atom is -0.462 e. The number of hydrogen-bond acceptors (Lipinski definition) is 5. The minimum atomic E-state index is -0.360. The first kappa shape index (κ1) is 38.4. The molecule has 6 heteroatoms. The second-order valence-corrected chi connectivity index (χ2v) is 19.0. The van der Waals surface area contributed by atoms with Gasteiger partial charge in [0.15, 0.2) is 0 Å². The lowest BCUT2D eigenvalue weighted by Crippen LogP contribution is -2.51. The third-order valence-corrected chi connectivity index (χ3v) is 13.5. The fourth-order valence-corrected chi connectivity index (χ4v) is 10.6. The summed E-state index contributed by atoms with van der Waals surface area (Å²) < 4.78 is 6.06. The number of carbonyl (C=O) groups is 2. The van der Waals surface area contributed by atoms with Gasteiger partial charge in [0, 0.05) is 37.0 Å². The lowest BCUT2D eigenvalue weighted by molar-refractivity contribution is -0.153. The van der Waals surface area contributed by atoms with E-state index < -0.39 is 0 Å². The van der Waals surface area contributed by atoms with Gasteiger partial charge in [0.2, 0.25) is 5.91 Å². The van der Waals surface area contributed by atoms with Gasteiger partial charge in [-0.25, -0.2) is 0 Å². The molecule has 0 aromatic heterocycles. The molecule has 0 spiro atoms. The molecule has 4 aliphatic rings. The maximum absolute atomic E-state index is 13.2. The van der Waals surface area contributed by atoms with Crippen LogP contribution >= 0.6 is 0 Å². The number of ether oxygens (including phenoxy) is 1. The largest absolute Gasteiger partial charge is 0.462 e. The van der Waals surface area contributed by atoms with Crippen LogP contribution in [0.25, 0.3) is 0 Å². The van der Waals surface area contributed by atoms with E-state index in [9.17, 15) is 9.59 Å². The highest BCUT2D eigenvalue weighted by Gasteiger charge is 2.59. The molecule has 0 radical (unpaired) electrons. The number of fused-ring (bicyclic) bond motifs is 5. The molecule has 0 heterocycles. The van der Waals surface area contributed by atoms with E-state index in [2.05, 4.69) is 40.7 Å². The number of rotatable bonds is 15. The molecule has 0 unspecified atom stereocenters. The van der Waals surface area contributed by atoms with Crippen LogP contribution in [0.2, 0.25) is 0 Å². The summed E-state index contributed by atoms with van der Waals surface area (Å²) >= 11 is 0. The smallest absolute Gasteiger partial charge is 0.306 e. The van der Waals surface area contributed by atoms with Crippen LogP contribution in [0.5, 0.6) is 0 Å². The van der Waals surface area contributed by atoms with E-state index in [1.54, 1.807) is 5.57 Å². The summed E-state index contributed by atoms with van der Waals surface area (Å²) in [6.45, 7) is 21.5. The lowest BCUT2D eigenvalue weighted by Gasteiger charge is -2.58. The van der Waals surface area contributed by atoms with Crippen molar-refractivity contribution >= 4 is 11.9 Å². The Kier molecular flexibility index (Phi) is 12.4. The molecule has 6 nitrogen and oxygen atoms in total. The molecule has 1 amide bonds. The number of allylic oxidation sites excluding steroid dienone is 1. The molecule has 0 aliphatic heterocycles. The van der Waals surface area contributed by atoms with Crippen LogP contribution in [-0.2, 0) is 14.3 Å². The van der Waals surface area contributed by atoms with Crippen molar-refractivity contribution in [2.75, 3.05) is 13.1 Å². The van der Waals surface area contributed by atoms with Crippen LogP contribution in [0.15, 0.2) is 11.6 Å². The van der Waals surface area contributed by atoms with Crippen molar-refractivity contribution in [2.45, 2.75) is 176 Å². The van der Waals surface area contributed by atoms with Gasteiger partial charge in [-0.15, -0.1) is 0 Å². The molecular weight excluding hydrogens is 582 g/mol. The van der Waals surface area contributed by atoms with E-state index in [1.807, 2.05) is 32.6 Å². The van der Waals surface area contributed by atoms with E-state index in [4.69, 9.17) is 16.2 Å². The SMILES string of the molecule is CC(C)CCC[C@@H](C)[C@H]1CC[C@H]2[C@@H]3CC=C4C[C@@H](OC(=O)CCC(=O)N(CCC(C)(C)N)CCC(C)(C)N)CC[C@]4(C)[C@H]3CC[C@]12C. The monoisotopic (exact) mass is 656 g/mol. The molecule has 47 heavy (non-hydrogen) atoms. The quantitative estimate of drug-likeness (QED) is 0.136. The Morgan fingerprint density at radius 2 is 1.57 bits per heavy atom. The molecule has 0 aromatic rings. The Morgan fingerprint density at radius 1 is 0.915 bits per heavy atom. The van der Waals surface area contributed by atoms with Crippen molar-refractivity contribution in [1.82, 2.24) is 4.90 Å². The summed E-state index contributed by atoms with van der Waals surface area (Å²) in [4.78, 5) is 28.1. The molecule has 8 atom stereocenters. The lowest BCUT2D eigenvalue weighted by atomic mass is 9.47. The summed E-state index contributed by atoms with van der Waals surface area (Å²) in [7, 11) is 0. The van der Waals surface area contributed by atoms with Gasteiger partial charge in [0.25, 0.3) is 0 Å². The molecule has 3 saturated carbocycles. The fourth-order valence-electron chi connectivity index (χ4n) is 10.6. The zero-order valence-electron chi connectivity index (χ0n) is 32.0. The minimum absolute atomic E-state index is 0.0175. The molecule has 0 saturated heterocycles. The standard InChI is InChI=1S/C41H73N3O3/c1-28(2)11-10-12-29(3)33-15-16-34-32-14-13-30-27-31(19-21-40(30,8)35(32)20-22-41(33,34)9)47-37(46)18-17-36(45)44(25-23-38(4,5)42)26-24-39(6,7)43/h13,28-29,31-35H,10-12,14-27,42-43H2,1-9H3/t29-,31+,32+,33-,34+,35+,40+,41-/m1/s1. The maximum atomic E-state index is 13.2. The topological polar surface area (TPSA) is 98.7 Å². The highest BCUT2D eigenvalue weighted by molar-refractivity contribution is 5.81. The number of nitrogens with zero attached hydrogens (tertiary/aromatic N) is 1. The van der Waals surface area contributed by atoms with Gasteiger partial charge in [-0.05, 0) is 132 Å². The number of amides is 1. The van der Waals surface area contributed by atoms with Gasteiger partial charge < -0.3 is 21.1 Å². The van der Waals surface area contributed by atoms with E-state index in [0.29, 0.717) is 31.3 Å². The highest BCUT2D eigenvalue weighted by Crippen LogP contribution is 2.67. The van der Waals surface area contributed by atoms with E-state index >= 15 is 0 Å². The first-order chi connectivity index (χ1) is 21.8. The molecule has 0 bridgehead atoms. The molecular formula is C41H73N3O3. The summed E-state index contributed by atoms with van der Waals surface area (Å²) in [5, 5.41) is 0. The Morgan fingerprint density at radius 3 is 2.19 bits per heavy atom. The Bertz CT molecular complexity index is 1080. The van der Waals surface area contributed by atoms with Gasteiger partial charge in [-0.3, -0.25) is 9.59 Å². The second-order valence-electron chi connectivity index (χ2n) is 19.0.